The second-order valence-corrected chi connectivity index (χ2v) is 6.39. The van der Waals surface area contributed by atoms with Gasteiger partial charge in [0.1, 0.15) is 6.07 Å². The number of allylic oxidation sites excluding steroid dienone is 1. The summed E-state index contributed by atoms with van der Waals surface area (Å²) in [7, 11) is 0. The Bertz CT molecular complexity index is 458. The van der Waals surface area contributed by atoms with Gasteiger partial charge in [-0.15, -0.1) is 0 Å². The largest absolute Gasteiger partial charge is 0.373 e. The number of ether oxygens (including phenoxy) is 1. The van der Waals surface area contributed by atoms with Gasteiger partial charge < -0.3 is 4.74 Å². The van der Waals surface area contributed by atoms with Crippen molar-refractivity contribution in [3.8, 4) is 6.07 Å². The van der Waals surface area contributed by atoms with E-state index in [0.717, 1.165) is 25.7 Å². The van der Waals surface area contributed by atoms with Crippen molar-refractivity contribution in [2.75, 3.05) is 0 Å². The molecule has 1 fully saturated rings. The van der Waals surface area contributed by atoms with E-state index in [1.54, 1.807) is 0 Å². The molecule has 2 aliphatic rings. The summed E-state index contributed by atoms with van der Waals surface area (Å²) < 4.78 is 6.24. The molecule has 0 radical (unpaired) electrons. The summed E-state index contributed by atoms with van der Waals surface area (Å²) in [6.45, 7) is 8.09. The van der Waals surface area contributed by atoms with Crippen molar-refractivity contribution in [3.63, 3.8) is 0 Å². The molecule has 0 amide bonds. The molecule has 104 valence electrons. The molecule has 0 aromatic carbocycles. The minimum absolute atomic E-state index is 0.0687. The molecule has 1 saturated heterocycles. The van der Waals surface area contributed by atoms with E-state index in [4.69, 9.17) is 4.74 Å². The van der Waals surface area contributed by atoms with Crippen LogP contribution in [0.5, 0.6) is 0 Å². The van der Waals surface area contributed by atoms with Crippen molar-refractivity contribution in [2.45, 2.75) is 65.6 Å². The van der Waals surface area contributed by atoms with Crippen LogP contribution >= 0.6 is 0 Å². The van der Waals surface area contributed by atoms with Gasteiger partial charge in [0.25, 0.3) is 0 Å². The summed E-state index contributed by atoms with van der Waals surface area (Å²) in [5.74, 6) is -0.0687. The molecule has 0 unspecified atom stereocenters. The third kappa shape index (κ3) is 2.03. The van der Waals surface area contributed by atoms with Gasteiger partial charge in [0.15, 0.2) is 5.78 Å². The monoisotopic (exact) mass is 261 g/mol. The lowest BCUT2D eigenvalue weighted by molar-refractivity contribution is -0.175. The lowest BCUT2D eigenvalue weighted by atomic mass is 9.58. The van der Waals surface area contributed by atoms with E-state index in [1.807, 2.05) is 19.9 Å². The third-order valence-corrected chi connectivity index (χ3v) is 4.93. The minimum Gasteiger partial charge on any atom is -0.373 e. The van der Waals surface area contributed by atoms with Crippen molar-refractivity contribution in [3.05, 3.63) is 11.6 Å². The quantitative estimate of drug-likeness (QED) is 0.765. The molecular weight excluding hydrogens is 238 g/mol. The van der Waals surface area contributed by atoms with Crippen molar-refractivity contribution in [1.82, 2.24) is 0 Å². The second kappa shape index (κ2) is 4.76. The first-order chi connectivity index (χ1) is 8.91. The van der Waals surface area contributed by atoms with Crippen LogP contribution in [0.15, 0.2) is 11.6 Å². The summed E-state index contributed by atoms with van der Waals surface area (Å²) in [6.07, 6.45) is 5.96. The highest BCUT2D eigenvalue weighted by Crippen LogP contribution is 2.52. The maximum Gasteiger partial charge on any atom is 0.181 e. The van der Waals surface area contributed by atoms with Crippen LogP contribution in [0, 0.1) is 22.2 Å². The summed E-state index contributed by atoms with van der Waals surface area (Å²) >= 11 is 0. The lowest BCUT2D eigenvalue weighted by Crippen LogP contribution is -2.56. The summed E-state index contributed by atoms with van der Waals surface area (Å²) in [6, 6.07) is 2.08. The second-order valence-electron chi connectivity index (χ2n) is 6.39. The van der Waals surface area contributed by atoms with Crippen LogP contribution in [0.1, 0.15) is 53.4 Å². The van der Waals surface area contributed by atoms with E-state index in [9.17, 15) is 10.1 Å². The zero-order chi connectivity index (χ0) is 14.3. The van der Waals surface area contributed by atoms with Gasteiger partial charge in [-0.05, 0) is 39.5 Å². The molecule has 0 aromatic rings. The zero-order valence-electron chi connectivity index (χ0n) is 12.3. The highest BCUT2D eigenvalue weighted by molar-refractivity contribution is 6.04. The van der Waals surface area contributed by atoms with Gasteiger partial charge in [0, 0.05) is 5.41 Å². The minimum atomic E-state index is -0.607. The van der Waals surface area contributed by atoms with Crippen LogP contribution < -0.4 is 0 Å². The molecule has 0 saturated carbocycles. The van der Waals surface area contributed by atoms with Crippen molar-refractivity contribution >= 4 is 5.78 Å². The van der Waals surface area contributed by atoms with E-state index >= 15 is 0 Å². The Hall–Kier alpha value is -1.14. The molecule has 2 rings (SSSR count). The van der Waals surface area contributed by atoms with E-state index in [2.05, 4.69) is 19.9 Å². The van der Waals surface area contributed by atoms with E-state index < -0.39 is 5.41 Å². The third-order valence-electron chi connectivity index (χ3n) is 4.93. The van der Waals surface area contributed by atoms with Crippen LogP contribution in [-0.4, -0.2) is 18.0 Å². The van der Waals surface area contributed by atoms with Crippen LogP contribution in [-0.2, 0) is 9.53 Å². The number of nitrogens with zero attached hydrogens (tertiary/aromatic N) is 1. The van der Waals surface area contributed by atoms with E-state index in [-0.39, 0.29) is 23.4 Å². The molecule has 3 heteroatoms. The smallest absolute Gasteiger partial charge is 0.181 e. The number of carbonyl (C=O) groups is 1. The zero-order valence-corrected chi connectivity index (χ0v) is 12.3. The van der Waals surface area contributed by atoms with Crippen LogP contribution in [0.25, 0.3) is 0 Å². The lowest BCUT2D eigenvalue weighted by Gasteiger charge is -2.53. The number of hydrogen-bond acceptors (Lipinski definition) is 3. The topological polar surface area (TPSA) is 50.1 Å². The fraction of sp³-hybridized carbons (Fsp3) is 0.750. The number of nitriles is 1. The van der Waals surface area contributed by atoms with Gasteiger partial charge in [0.05, 0.1) is 23.2 Å². The molecule has 0 bridgehead atoms. The first-order valence-electron chi connectivity index (χ1n) is 7.24. The van der Waals surface area contributed by atoms with Gasteiger partial charge in [-0.2, -0.15) is 5.26 Å². The number of Topliss-reactive ketones (excluding diaryl/α,β-unsaturated/α-hetero) is 1. The molecule has 1 aliphatic carbocycles. The predicted molar refractivity (Wildman–Crippen MR) is 73.4 cm³/mol. The number of carbonyl (C=O) groups excluding carboxylic acids is 1. The van der Waals surface area contributed by atoms with Crippen LogP contribution in [0.4, 0.5) is 0 Å². The number of hydrogen-bond donors (Lipinski definition) is 0. The Labute approximate surface area is 115 Å². The fourth-order valence-corrected chi connectivity index (χ4v) is 3.66. The molecule has 0 spiro atoms. The van der Waals surface area contributed by atoms with Crippen molar-refractivity contribution in [1.29, 1.82) is 5.26 Å². The van der Waals surface area contributed by atoms with Crippen molar-refractivity contribution in [2.24, 2.45) is 10.8 Å². The van der Waals surface area contributed by atoms with Gasteiger partial charge in [-0.3, -0.25) is 4.79 Å². The first kappa shape index (κ1) is 14.3. The maximum absolute atomic E-state index is 12.4. The van der Waals surface area contributed by atoms with Gasteiger partial charge in [-0.25, -0.2) is 0 Å². The number of rotatable bonds is 2. The molecule has 3 atom stereocenters. The number of fused-ring (bicyclic) bond motifs is 1. The molecule has 19 heavy (non-hydrogen) atoms. The van der Waals surface area contributed by atoms with Gasteiger partial charge in [0.2, 0.25) is 0 Å². The van der Waals surface area contributed by atoms with E-state index in [0.29, 0.717) is 5.57 Å². The Morgan fingerprint density at radius 1 is 1.47 bits per heavy atom. The average Bonchev–Trinajstić information content (AvgIpc) is 2.42. The molecule has 1 heterocycles. The van der Waals surface area contributed by atoms with Crippen molar-refractivity contribution < 1.29 is 9.53 Å². The molecule has 0 N–H and O–H groups in total. The Morgan fingerprint density at radius 2 is 2.16 bits per heavy atom. The molecule has 3 nitrogen and oxygen atoms in total. The van der Waals surface area contributed by atoms with Crippen LogP contribution in [0.2, 0.25) is 0 Å². The Kier molecular flexibility index (Phi) is 3.57. The standard InChI is InChI=1S/C16H23NO2/c1-5-12-7-8-16(6-2)9-11(10-17)13(18)15(3,4)14(16)19-12/h9,12,14H,5-8H2,1-4H3/t12-,14+,16+/m0/s1. The summed E-state index contributed by atoms with van der Waals surface area (Å²) in [5, 5.41) is 9.21. The van der Waals surface area contributed by atoms with E-state index in [1.165, 1.54) is 0 Å². The summed E-state index contributed by atoms with van der Waals surface area (Å²) in [5.41, 5.74) is -0.431. The molecular formula is C16H23NO2. The first-order valence-corrected chi connectivity index (χ1v) is 7.24. The maximum atomic E-state index is 12.4. The van der Waals surface area contributed by atoms with Crippen LogP contribution in [0.3, 0.4) is 0 Å². The summed E-state index contributed by atoms with van der Waals surface area (Å²) in [4.78, 5) is 12.4. The molecule has 0 aromatic heterocycles. The van der Waals surface area contributed by atoms with Gasteiger partial charge in [-0.1, -0.05) is 19.9 Å². The Balaban J connectivity index is 2.50. The fourth-order valence-electron chi connectivity index (χ4n) is 3.66. The Morgan fingerprint density at radius 3 is 2.68 bits per heavy atom. The highest BCUT2D eigenvalue weighted by atomic mass is 16.5. The highest BCUT2D eigenvalue weighted by Gasteiger charge is 2.55. The SMILES string of the molecule is CC[C@H]1CC[C@]2(CC)C=C(C#N)C(=O)C(C)(C)[C@H]2O1. The average molecular weight is 261 g/mol. The molecule has 1 aliphatic heterocycles. The number of ketones is 1. The normalized spacial score (nSPS) is 37.2. The predicted octanol–water partition coefficient (Wildman–Crippen LogP) is 3.40. The van der Waals surface area contributed by atoms with Gasteiger partial charge >= 0.3 is 0 Å².